The molecule has 0 aliphatic carbocycles. The van der Waals surface area contributed by atoms with Crippen molar-refractivity contribution < 1.29 is 4.79 Å². The van der Waals surface area contributed by atoms with Crippen molar-refractivity contribution in [3.05, 3.63) is 127 Å². The Bertz CT molecular complexity index is 1750. The lowest BCUT2D eigenvalue weighted by molar-refractivity contribution is -0.113. The third-order valence-electron chi connectivity index (χ3n) is 7.38. The van der Waals surface area contributed by atoms with Crippen LogP contribution in [0.2, 0.25) is 0 Å². The number of hydrogen-bond acceptors (Lipinski definition) is 5. The molecule has 0 radical (unpaired) electrons. The second kappa shape index (κ2) is 10.5. The summed E-state index contributed by atoms with van der Waals surface area (Å²) in [6.07, 6.45) is 4.40. The van der Waals surface area contributed by atoms with E-state index in [1.165, 1.54) is 35.4 Å². The maximum Gasteiger partial charge on any atom is 0.271 e. The predicted octanol–water partition coefficient (Wildman–Crippen LogP) is 4.78. The second-order valence-electron chi connectivity index (χ2n) is 10.1. The summed E-state index contributed by atoms with van der Waals surface area (Å²) in [7, 11) is 0. The third kappa shape index (κ3) is 4.86. The average molecular weight is 535 g/mol. The number of fused-ring (bicyclic) bond motifs is 1. The van der Waals surface area contributed by atoms with Crippen molar-refractivity contribution in [2.24, 2.45) is 4.99 Å². The van der Waals surface area contributed by atoms with Gasteiger partial charge in [0.2, 0.25) is 0 Å². The van der Waals surface area contributed by atoms with Gasteiger partial charge in [0.25, 0.3) is 11.5 Å². The lowest BCUT2D eigenvalue weighted by Gasteiger charge is -2.25. The highest BCUT2D eigenvalue weighted by Crippen LogP contribution is 2.31. The van der Waals surface area contributed by atoms with Gasteiger partial charge in [0, 0.05) is 24.5 Å². The summed E-state index contributed by atoms with van der Waals surface area (Å²) < 4.78 is 2.27. The van der Waals surface area contributed by atoms with E-state index in [9.17, 15) is 9.59 Å². The van der Waals surface area contributed by atoms with Crippen molar-refractivity contribution in [2.75, 3.05) is 23.3 Å². The van der Waals surface area contributed by atoms with Crippen molar-refractivity contribution in [1.29, 1.82) is 0 Å². The number of allylic oxidation sites excluding steroid dienone is 1. The van der Waals surface area contributed by atoms with Crippen LogP contribution in [0.4, 0.5) is 11.4 Å². The number of hydrogen-bond donors (Lipinski definition) is 1. The molecule has 6 rings (SSSR count). The molecule has 2 aliphatic heterocycles. The predicted molar refractivity (Wildman–Crippen MR) is 158 cm³/mol. The van der Waals surface area contributed by atoms with Gasteiger partial charge in [-0.1, -0.05) is 65.9 Å². The van der Waals surface area contributed by atoms with Gasteiger partial charge in [0.1, 0.15) is 0 Å². The van der Waals surface area contributed by atoms with Crippen LogP contribution in [0.1, 0.15) is 42.5 Å². The van der Waals surface area contributed by atoms with Crippen LogP contribution in [0.15, 0.2) is 99.9 Å². The number of benzene rings is 3. The number of aromatic nitrogens is 1. The van der Waals surface area contributed by atoms with Crippen molar-refractivity contribution in [3.63, 3.8) is 0 Å². The number of rotatable bonds is 5. The molecule has 6 nitrogen and oxygen atoms in total. The van der Waals surface area contributed by atoms with Gasteiger partial charge in [-0.25, -0.2) is 4.99 Å². The molecule has 3 aromatic carbocycles. The van der Waals surface area contributed by atoms with E-state index >= 15 is 0 Å². The number of para-hydroxylation sites is 1. The van der Waals surface area contributed by atoms with Crippen molar-refractivity contribution in [2.45, 2.75) is 32.7 Å². The lowest BCUT2D eigenvalue weighted by atomic mass is 9.95. The fourth-order valence-corrected chi connectivity index (χ4v) is 6.56. The first kappa shape index (κ1) is 25.1. The van der Waals surface area contributed by atoms with Crippen LogP contribution >= 0.6 is 11.3 Å². The third-order valence-corrected chi connectivity index (χ3v) is 8.36. The monoisotopic (exact) mass is 534 g/mol. The summed E-state index contributed by atoms with van der Waals surface area (Å²) in [5.74, 6) is -0.265. The highest BCUT2D eigenvalue weighted by atomic mass is 32.1. The highest BCUT2D eigenvalue weighted by Gasteiger charge is 2.32. The molecule has 2 aliphatic rings. The summed E-state index contributed by atoms with van der Waals surface area (Å²) >= 11 is 1.36. The zero-order chi connectivity index (χ0) is 26.9. The van der Waals surface area contributed by atoms with Gasteiger partial charge in [0.15, 0.2) is 4.80 Å². The number of carbonyl (C=O) groups excluding carboxylic acids is 1. The van der Waals surface area contributed by atoms with Gasteiger partial charge in [-0.3, -0.25) is 14.2 Å². The van der Waals surface area contributed by atoms with E-state index in [0.29, 0.717) is 26.3 Å². The summed E-state index contributed by atoms with van der Waals surface area (Å²) in [6, 6.07) is 24.8. The van der Waals surface area contributed by atoms with Crippen LogP contribution in [0.5, 0.6) is 0 Å². The Morgan fingerprint density at radius 1 is 0.974 bits per heavy atom. The standard InChI is InChI=1S/C32H30N4O2S/c1-21-19-23(15-16-26(21)35-17-9-10-18-35)20-27-31(38)36-29(24-11-5-3-6-12-24)28(22(2)33-32(36)39-27)30(37)34-25-13-7-4-8-14-25/h3-8,11-16,19-20,29H,9-10,17-18H2,1-2H3,(H,34,37)/b27-20+/t29-/m1/s1. The molecule has 1 N–H and O–H groups in total. The number of anilines is 2. The minimum absolute atomic E-state index is 0.147. The maximum atomic E-state index is 13.9. The number of nitrogens with one attached hydrogen (secondary N) is 1. The number of carbonyl (C=O) groups is 1. The van der Waals surface area contributed by atoms with E-state index < -0.39 is 6.04 Å². The minimum atomic E-state index is -0.576. The summed E-state index contributed by atoms with van der Waals surface area (Å²) in [6.45, 7) is 6.16. The van der Waals surface area contributed by atoms with Crippen molar-refractivity contribution in [1.82, 2.24) is 4.57 Å². The Hall–Kier alpha value is -4.23. The molecule has 39 heavy (non-hydrogen) atoms. The molecule has 1 amide bonds. The normalized spacial score (nSPS) is 17.2. The molecule has 1 saturated heterocycles. The molecule has 4 aromatic rings. The van der Waals surface area contributed by atoms with Gasteiger partial charge in [0.05, 0.1) is 21.8 Å². The largest absolute Gasteiger partial charge is 0.371 e. The molecule has 0 bridgehead atoms. The molecule has 1 aromatic heterocycles. The first-order chi connectivity index (χ1) is 19.0. The molecule has 0 unspecified atom stereocenters. The molecular formula is C32H30N4O2S. The zero-order valence-corrected chi connectivity index (χ0v) is 22.9. The van der Waals surface area contributed by atoms with E-state index in [1.54, 1.807) is 4.57 Å². The first-order valence-electron chi connectivity index (χ1n) is 13.3. The first-order valence-corrected chi connectivity index (χ1v) is 14.1. The van der Waals surface area contributed by atoms with Crippen LogP contribution in [0, 0.1) is 6.92 Å². The lowest BCUT2D eigenvalue weighted by Crippen LogP contribution is -2.40. The molecule has 196 valence electrons. The van der Waals surface area contributed by atoms with E-state index in [0.717, 1.165) is 24.2 Å². The minimum Gasteiger partial charge on any atom is -0.371 e. The molecule has 1 atom stereocenters. The SMILES string of the molecule is CC1=C(C(=O)Nc2ccccc2)[C@@H](c2ccccc2)n2c(s/c(=C/c3ccc(N4CCCC4)c(C)c3)c2=O)=N1. The van der Waals surface area contributed by atoms with Gasteiger partial charge in [-0.2, -0.15) is 0 Å². The van der Waals surface area contributed by atoms with Gasteiger partial charge < -0.3 is 10.2 Å². The summed E-state index contributed by atoms with van der Waals surface area (Å²) in [4.78, 5) is 35.3. The maximum absolute atomic E-state index is 13.9. The van der Waals surface area contributed by atoms with Gasteiger partial charge in [-0.05, 0) is 73.7 Å². The topological polar surface area (TPSA) is 66.7 Å². The molecule has 3 heterocycles. The molecule has 0 spiro atoms. The number of nitrogens with zero attached hydrogens (tertiary/aromatic N) is 3. The Kier molecular flexibility index (Phi) is 6.75. The molecule has 0 saturated carbocycles. The van der Waals surface area contributed by atoms with Crippen LogP contribution in [-0.2, 0) is 4.79 Å². The smallest absolute Gasteiger partial charge is 0.271 e. The number of aryl methyl sites for hydroxylation is 1. The Labute approximate surface area is 231 Å². The summed E-state index contributed by atoms with van der Waals surface area (Å²) in [5, 5.41) is 2.99. The molecule has 7 heteroatoms. The molecule has 1 fully saturated rings. The summed E-state index contributed by atoms with van der Waals surface area (Å²) in [5.41, 5.74) is 5.94. The van der Waals surface area contributed by atoms with E-state index in [1.807, 2.05) is 73.7 Å². The van der Waals surface area contributed by atoms with Gasteiger partial charge >= 0.3 is 0 Å². The van der Waals surface area contributed by atoms with E-state index in [-0.39, 0.29) is 11.5 Å². The van der Waals surface area contributed by atoms with E-state index in [2.05, 4.69) is 35.3 Å². The Morgan fingerprint density at radius 3 is 2.36 bits per heavy atom. The van der Waals surface area contributed by atoms with Crippen LogP contribution in [0.3, 0.4) is 0 Å². The Morgan fingerprint density at radius 2 is 1.67 bits per heavy atom. The molecular weight excluding hydrogens is 504 g/mol. The van der Waals surface area contributed by atoms with Crippen LogP contribution in [-0.4, -0.2) is 23.6 Å². The second-order valence-corrected chi connectivity index (χ2v) is 11.1. The van der Waals surface area contributed by atoms with Gasteiger partial charge in [-0.15, -0.1) is 0 Å². The Balaban J connectivity index is 1.43. The van der Waals surface area contributed by atoms with Crippen LogP contribution < -0.4 is 25.1 Å². The number of amides is 1. The average Bonchev–Trinajstić information content (AvgIpc) is 3.57. The zero-order valence-electron chi connectivity index (χ0n) is 22.1. The van der Waals surface area contributed by atoms with Crippen molar-refractivity contribution >= 4 is 34.7 Å². The highest BCUT2D eigenvalue weighted by molar-refractivity contribution is 7.07. The fourth-order valence-electron chi connectivity index (χ4n) is 5.52. The quantitative estimate of drug-likeness (QED) is 0.401. The fraction of sp³-hybridized carbons (Fsp3) is 0.219. The van der Waals surface area contributed by atoms with E-state index in [4.69, 9.17) is 4.99 Å². The van der Waals surface area contributed by atoms with Crippen LogP contribution in [0.25, 0.3) is 6.08 Å². The number of thiazole rings is 1. The van der Waals surface area contributed by atoms with Crippen molar-refractivity contribution in [3.8, 4) is 0 Å².